The van der Waals surface area contributed by atoms with E-state index in [0.717, 1.165) is 53.8 Å². The molecule has 1 fully saturated rings. The summed E-state index contributed by atoms with van der Waals surface area (Å²) < 4.78 is 1.87. The summed E-state index contributed by atoms with van der Waals surface area (Å²) in [6.45, 7) is 5.71. The molecule has 2 aromatic carbocycles. The van der Waals surface area contributed by atoms with Crippen molar-refractivity contribution in [3.05, 3.63) is 59.4 Å². The number of anilines is 1. The zero-order valence-electron chi connectivity index (χ0n) is 16.9. The third kappa shape index (κ3) is 4.01. The van der Waals surface area contributed by atoms with Crippen LogP contribution < -0.4 is 5.32 Å². The molecule has 1 N–H and O–H groups in total. The van der Waals surface area contributed by atoms with Crippen LogP contribution >= 0.6 is 0 Å². The molecule has 6 nitrogen and oxygen atoms in total. The van der Waals surface area contributed by atoms with Crippen molar-refractivity contribution in [1.29, 1.82) is 0 Å². The number of carbonyl (C=O) groups is 2. The maximum absolute atomic E-state index is 12.9. The lowest BCUT2D eigenvalue weighted by Gasteiger charge is -2.16. The number of nitrogens with one attached hydrogen (secondary N) is 1. The van der Waals surface area contributed by atoms with Crippen LogP contribution in [0.25, 0.3) is 11.0 Å². The maximum Gasteiger partial charge on any atom is 0.244 e. The summed E-state index contributed by atoms with van der Waals surface area (Å²) in [6.07, 6.45) is 2.33. The highest BCUT2D eigenvalue weighted by Crippen LogP contribution is 2.21. The Labute approximate surface area is 170 Å². The Morgan fingerprint density at radius 2 is 1.69 bits per heavy atom. The van der Waals surface area contributed by atoms with Gasteiger partial charge in [-0.15, -0.1) is 0 Å². The first kappa shape index (κ1) is 19.2. The largest absolute Gasteiger partial charge is 0.342 e. The second-order valence-corrected chi connectivity index (χ2v) is 7.68. The number of carbonyl (C=O) groups excluding carboxylic acids is 2. The predicted octanol–water partition coefficient (Wildman–Crippen LogP) is 3.46. The Hall–Kier alpha value is -3.15. The first-order valence-corrected chi connectivity index (χ1v) is 10.1. The Morgan fingerprint density at radius 3 is 2.41 bits per heavy atom. The van der Waals surface area contributed by atoms with Crippen molar-refractivity contribution in [2.75, 3.05) is 18.4 Å². The van der Waals surface area contributed by atoms with Crippen LogP contribution in [0.15, 0.2) is 42.5 Å². The molecule has 0 aliphatic carbocycles. The first-order chi connectivity index (χ1) is 14.0. The lowest BCUT2D eigenvalue weighted by Crippen LogP contribution is -2.30. The van der Waals surface area contributed by atoms with Gasteiger partial charge in [0.15, 0.2) is 0 Å². The van der Waals surface area contributed by atoms with Gasteiger partial charge < -0.3 is 14.8 Å². The Morgan fingerprint density at radius 1 is 1.00 bits per heavy atom. The van der Waals surface area contributed by atoms with Crippen LogP contribution in [0.5, 0.6) is 0 Å². The van der Waals surface area contributed by atoms with Crippen molar-refractivity contribution in [1.82, 2.24) is 14.5 Å². The Balaban J connectivity index is 1.60. The van der Waals surface area contributed by atoms with E-state index in [9.17, 15) is 9.59 Å². The van der Waals surface area contributed by atoms with Gasteiger partial charge in [-0.05, 0) is 49.9 Å². The summed E-state index contributed by atoms with van der Waals surface area (Å²) in [5.74, 6) is 0.592. The quantitative estimate of drug-likeness (QED) is 0.725. The lowest BCUT2D eigenvalue weighted by molar-refractivity contribution is -0.129. The van der Waals surface area contributed by atoms with Crippen LogP contribution in [0.4, 0.5) is 5.69 Å². The summed E-state index contributed by atoms with van der Waals surface area (Å²) in [5.41, 5.74) is 4.57. The van der Waals surface area contributed by atoms with Gasteiger partial charge in [0.1, 0.15) is 12.4 Å². The van der Waals surface area contributed by atoms with E-state index in [2.05, 4.69) is 10.3 Å². The van der Waals surface area contributed by atoms with Gasteiger partial charge in [0.2, 0.25) is 11.8 Å². The van der Waals surface area contributed by atoms with E-state index in [-0.39, 0.29) is 24.8 Å². The van der Waals surface area contributed by atoms with Gasteiger partial charge in [-0.3, -0.25) is 9.59 Å². The van der Waals surface area contributed by atoms with Crippen LogP contribution in [-0.2, 0) is 22.6 Å². The topological polar surface area (TPSA) is 67.2 Å². The molecule has 0 atom stereocenters. The molecule has 1 aliphatic rings. The molecule has 4 rings (SSSR count). The molecule has 0 unspecified atom stereocenters. The van der Waals surface area contributed by atoms with Crippen LogP contribution in [0, 0.1) is 13.8 Å². The third-order valence-corrected chi connectivity index (χ3v) is 5.55. The minimum atomic E-state index is -0.125. The fraction of sp³-hybridized carbons (Fsp3) is 0.348. The highest BCUT2D eigenvalue weighted by atomic mass is 16.2. The number of rotatable bonds is 5. The number of benzene rings is 2. The van der Waals surface area contributed by atoms with Gasteiger partial charge in [-0.2, -0.15) is 0 Å². The lowest BCUT2D eigenvalue weighted by atomic mass is 10.1. The molecule has 1 aliphatic heterocycles. The van der Waals surface area contributed by atoms with Crippen LogP contribution in [0.1, 0.15) is 29.8 Å². The summed E-state index contributed by atoms with van der Waals surface area (Å²) in [6, 6.07) is 13.6. The van der Waals surface area contributed by atoms with Gasteiger partial charge in [0.25, 0.3) is 0 Å². The monoisotopic (exact) mass is 390 g/mol. The zero-order valence-corrected chi connectivity index (χ0v) is 16.9. The first-order valence-electron chi connectivity index (χ1n) is 10.1. The minimum absolute atomic E-state index is 0.0780. The Bertz CT molecular complexity index is 1040. The third-order valence-electron chi connectivity index (χ3n) is 5.55. The normalized spacial score (nSPS) is 13.8. The number of para-hydroxylation sites is 3. The van der Waals surface area contributed by atoms with E-state index in [1.807, 2.05) is 65.8 Å². The van der Waals surface area contributed by atoms with Gasteiger partial charge >= 0.3 is 0 Å². The second kappa shape index (κ2) is 8.07. The standard InChI is InChI=1S/C23H26N4O2/c1-16-8-7-9-17(2)23(16)25-21(28)15-27-19-11-4-3-10-18(19)24-20(27)14-22(29)26-12-5-6-13-26/h3-4,7-11H,5-6,12-15H2,1-2H3,(H,25,28). The molecule has 1 saturated heterocycles. The fourth-order valence-electron chi connectivity index (χ4n) is 3.98. The number of nitrogens with zero attached hydrogens (tertiary/aromatic N) is 3. The minimum Gasteiger partial charge on any atom is -0.342 e. The average Bonchev–Trinajstić information content (AvgIpc) is 3.34. The number of imidazole rings is 1. The van der Waals surface area contributed by atoms with Crippen molar-refractivity contribution < 1.29 is 9.59 Å². The van der Waals surface area contributed by atoms with Gasteiger partial charge in [-0.25, -0.2) is 4.98 Å². The molecule has 3 aromatic rings. The van der Waals surface area contributed by atoms with E-state index in [0.29, 0.717) is 5.82 Å². The molecule has 0 spiro atoms. The molecular weight excluding hydrogens is 364 g/mol. The van der Waals surface area contributed by atoms with E-state index in [4.69, 9.17) is 0 Å². The van der Waals surface area contributed by atoms with Crippen LogP contribution in [0.2, 0.25) is 0 Å². The molecular formula is C23H26N4O2. The van der Waals surface area contributed by atoms with Gasteiger partial charge in [0, 0.05) is 18.8 Å². The molecule has 1 aromatic heterocycles. The van der Waals surface area contributed by atoms with Crippen LogP contribution in [0.3, 0.4) is 0 Å². The molecule has 2 amide bonds. The molecule has 6 heteroatoms. The van der Waals surface area contributed by atoms with Crippen molar-refractivity contribution in [3.8, 4) is 0 Å². The number of hydrogen-bond donors (Lipinski definition) is 1. The van der Waals surface area contributed by atoms with Crippen molar-refractivity contribution in [3.63, 3.8) is 0 Å². The predicted molar refractivity (Wildman–Crippen MR) is 114 cm³/mol. The molecule has 0 saturated carbocycles. The van der Waals surface area contributed by atoms with Gasteiger partial charge in [0.05, 0.1) is 17.5 Å². The summed E-state index contributed by atoms with van der Waals surface area (Å²) in [7, 11) is 0. The van der Waals surface area contributed by atoms with E-state index in [1.54, 1.807) is 0 Å². The highest BCUT2D eigenvalue weighted by molar-refractivity contribution is 5.93. The van der Waals surface area contributed by atoms with E-state index < -0.39 is 0 Å². The number of aryl methyl sites for hydroxylation is 2. The second-order valence-electron chi connectivity index (χ2n) is 7.68. The molecule has 29 heavy (non-hydrogen) atoms. The maximum atomic E-state index is 12.9. The number of fused-ring (bicyclic) bond motifs is 1. The molecule has 0 bridgehead atoms. The van der Waals surface area contributed by atoms with Crippen molar-refractivity contribution in [2.45, 2.75) is 39.7 Å². The number of hydrogen-bond acceptors (Lipinski definition) is 3. The van der Waals surface area contributed by atoms with Gasteiger partial charge in [-0.1, -0.05) is 30.3 Å². The van der Waals surface area contributed by atoms with Crippen molar-refractivity contribution in [2.24, 2.45) is 0 Å². The molecule has 150 valence electrons. The summed E-state index contributed by atoms with van der Waals surface area (Å²) >= 11 is 0. The van der Waals surface area contributed by atoms with Crippen molar-refractivity contribution >= 4 is 28.5 Å². The average molecular weight is 390 g/mol. The number of amides is 2. The number of likely N-dealkylation sites (tertiary alicyclic amines) is 1. The van der Waals surface area contributed by atoms with Crippen LogP contribution in [-0.4, -0.2) is 39.4 Å². The Kier molecular flexibility index (Phi) is 5.34. The molecule has 2 heterocycles. The summed E-state index contributed by atoms with van der Waals surface area (Å²) in [5, 5.41) is 3.03. The zero-order chi connectivity index (χ0) is 20.4. The summed E-state index contributed by atoms with van der Waals surface area (Å²) in [4.78, 5) is 32.1. The number of aromatic nitrogens is 2. The fourth-order valence-corrected chi connectivity index (χ4v) is 3.98. The highest BCUT2D eigenvalue weighted by Gasteiger charge is 2.22. The molecule has 0 radical (unpaired) electrons. The SMILES string of the molecule is Cc1cccc(C)c1NC(=O)Cn1c(CC(=O)N2CCCC2)nc2ccccc21. The van der Waals surface area contributed by atoms with E-state index >= 15 is 0 Å². The smallest absolute Gasteiger partial charge is 0.244 e. The van der Waals surface area contributed by atoms with E-state index in [1.165, 1.54) is 0 Å².